The average Bonchev–Trinajstić information content (AvgIpc) is 0.768. The largest absolute Gasteiger partial charge is 0.497 e. The van der Waals surface area contributed by atoms with Crippen molar-refractivity contribution >= 4 is 51.2 Å². The molecule has 0 spiro atoms. The number of unbranched alkanes of at least 4 members (excludes halogenated alkanes) is 10. The SMILES string of the molecule is CCCCCCCCc1cccc(-c2nc(C)nc(-c3cccc(CCCCCCCC)c3)n2)c1.COc1cc(CO)cc(-c2nc(C)nc(-c3cc(OC)cc(OC)c3)n2)c1.Cc1cc(-c2nc(C)nc(-c3cc(N(c4ccccc4)c4ccccc4)cc(N(c4ccccc4)c4ccccc4)c3)n2)cc(N(c2ccccc2)c2ccccc2)c1. The zero-order chi connectivity index (χ0) is 84.1. The summed E-state index contributed by atoms with van der Waals surface area (Å²) >= 11 is 0. The van der Waals surface area contributed by atoms with Crippen molar-refractivity contribution < 1.29 is 19.3 Å². The molecule has 612 valence electrons. The molecule has 0 saturated heterocycles. The molecule has 0 radical (unpaired) electrons. The van der Waals surface area contributed by atoms with E-state index < -0.39 is 0 Å². The number of rotatable bonds is 33. The van der Waals surface area contributed by atoms with E-state index in [0.717, 1.165) is 120 Å². The summed E-state index contributed by atoms with van der Waals surface area (Å²) in [5.74, 6) is 7.64. The van der Waals surface area contributed by atoms with Gasteiger partial charge in [-0.05, 0) is 227 Å². The Morgan fingerprint density at radius 1 is 0.240 bits per heavy atom. The summed E-state index contributed by atoms with van der Waals surface area (Å²) in [6.45, 7) is 12.3. The highest BCUT2D eigenvalue weighted by molar-refractivity contribution is 5.87. The maximum Gasteiger partial charge on any atom is 0.163 e. The van der Waals surface area contributed by atoms with Crippen molar-refractivity contribution in [2.24, 2.45) is 0 Å². The van der Waals surface area contributed by atoms with Gasteiger partial charge >= 0.3 is 0 Å². The standard InChI is InChI=1S/C53H42N6.C32H45N3.C20H21N3O4/c1-39-33-41(35-49(34-39)57(43-21-9-3-10-22-43)44-23-11-4-12-24-44)52-54-40(2)55-53(56-52)42-36-50(58(45-25-13-5-14-26-45)46-27-15-6-16-28-46)38-51(37-42)59(47-29-17-7-18-30-47)48-31-19-8-20-32-48;1-4-6-8-10-12-14-18-27-20-16-22-29(24-27)31-33-26(3)34-32(35-31)30-23-17-21-28(25-30)19-15-13-11-9-7-5-2;1-12-21-19(14-5-13(11-24)6-16(7-14)25-2)23-20(22-12)15-8-17(26-3)10-18(9-15)27-4/h3-38H,1-2H3;16-17,20-25H,4-15,18-19H2,1-3H3;5-10,24H,11H2,1-4H3. The van der Waals surface area contributed by atoms with Gasteiger partial charge < -0.3 is 34.0 Å². The lowest BCUT2D eigenvalue weighted by molar-refractivity contribution is 0.281. The molecule has 0 amide bonds. The van der Waals surface area contributed by atoms with Gasteiger partial charge in [-0.15, -0.1) is 0 Å². The predicted molar refractivity (Wildman–Crippen MR) is 495 cm³/mol. The Kier molecular flexibility index (Phi) is 30.5. The molecule has 16 nitrogen and oxygen atoms in total. The fourth-order valence-electron chi connectivity index (χ4n) is 14.9. The minimum atomic E-state index is -0.103. The molecule has 0 aliphatic rings. The van der Waals surface area contributed by atoms with Crippen molar-refractivity contribution in [2.45, 2.75) is 138 Å². The number of nitrogens with zero attached hydrogens (tertiary/aromatic N) is 12. The first-order chi connectivity index (χ1) is 59.3. The van der Waals surface area contributed by atoms with Crippen molar-refractivity contribution in [2.75, 3.05) is 36.0 Å². The molecule has 1 N–H and O–H groups in total. The Morgan fingerprint density at radius 3 is 0.851 bits per heavy atom. The van der Waals surface area contributed by atoms with Crippen LogP contribution >= 0.6 is 0 Å². The second-order valence-electron chi connectivity index (χ2n) is 30.2. The number of aliphatic hydroxyl groups excluding tert-OH is 1. The Labute approximate surface area is 713 Å². The summed E-state index contributed by atoms with van der Waals surface area (Å²) in [6, 6.07) is 104. The third-order valence-corrected chi connectivity index (χ3v) is 20.8. The van der Waals surface area contributed by atoms with Gasteiger partial charge in [0.1, 0.15) is 34.7 Å². The summed E-state index contributed by atoms with van der Waals surface area (Å²) in [6.07, 6.45) is 18.1. The lowest BCUT2D eigenvalue weighted by Gasteiger charge is -2.30. The molecule has 15 aromatic rings. The Balaban J connectivity index is 0.000000173. The number of anilines is 9. The molecule has 121 heavy (non-hydrogen) atoms. The monoisotopic (exact) mass is 1600 g/mol. The van der Waals surface area contributed by atoms with E-state index in [4.69, 9.17) is 34.1 Å². The van der Waals surface area contributed by atoms with E-state index in [2.05, 4.69) is 291 Å². The summed E-state index contributed by atoms with van der Waals surface area (Å²) < 4.78 is 16.0. The van der Waals surface area contributed by atoms with E-state index in [1.807, 2.05) is 74.5 Å². The smallest absolute Gasteiger partial charge is 0.163 e. The van der Waals surface area contributed by atoms with Crippen LogP contribution in [0.1, 0.15) is 131 Å². The van der Waals surface area contributed by atoms with Crippen LogP contribution in [0.2, 0.25) is 0 Å². The minimum Gasteiger partial charge on any atom is -0.497 e. The number of hydrogen-bond donors (Lipinski definition) is 1. The predicted octanol–water partition coefficient (Wildman–Crippen LogP) is 26.6. The summed E-state index contributed by atoms with van der Waals surface area (Å²) in [4.78, 5) is 49.9. The number of aromatic nitrogens is 9. The normalized spacial score (nSPS) is 10.9. The molecule has 0 atom stereocenters. The zero-order valence-corrected chi connectivity index (χ0v) is 71.0. The molecule has 15 rings (SSSR count). The lowest BCUT2D eigenvalue weighted by atomic mass is 10.0. The van der Waals surface area contributed by atoms with E-state index in [9.17, 15) is 5.11 Å². The van der Waals surface area contributed by atoms with Crippen LogP contribution in [0.25, 0.3) is 68.3 Å². The molecule has 16 heteroatoms. The van der Waals surface area contributed by atoms with Gasteiger partial charge in [0.15, 0.2) is 34.9 Å². The van der Waals surface area contributed by atoms with E-state index >= 15 is 0 Å². The van der Waals surface area contributed by atoms with Gasteiger partial charge in [-0.1, -0.05) is 224 Å². The molecule has 0 fully saturated rings. The average molecular weight is 1600 g/mol. The van der Waals surface area contributed by atoms with Crippen LogP contribution in [0, 0.1) is 27.7 Å². The van der Waals surface area contributed by atoms with E-state index in [1.54, 1.807) is 40.4 Å². The molecule has 0 aliphatic carbocycles. The number of ether oxygens (including phenoxy) is 3. The molecule has 0 saturated carbocycles. The molecular formula is C105H108N12O4. The fourth-order valence-corrected chi connectivity index (χ4v) is 14.9. The first-order valence-corrected chi connectivity index (χ1v) is 42.2. The van der Waals surface area contributed by atoms with Gasteiger partial charge in [0, 0.05) is 90.6 Å². The van der Waals surface area contributed by atoms with Crippen LogP contribution in [-0.2, 0) is 19.4 Å². The third kappa shape index (κ3) is 23.5. The summed E-state index contributed by atoms with van der Waals surface area (Å²) in [7, 11) is 4.76. The van der Waals surface area contributed by atoms with Gasteiger partial charge in [0.05, 0.1) is 27.9 Å². The first kappa shape index (κ1) is 85.3. The topological polar surface area (TPSA) is 174 Å². The number of benzene rings is 12. The summed E-state index contributed by atoms with van der Waals surface area (Å²) in [5.41, 5.74) is 19.2. The van der Waals surface area contributed by atoms with Crippen LogP contribution in [-0.4, -0.2) is 71.3 Å². The number of para-hydroxylation sites is 6. The maximum atomic E-state index is 9.49. The van der Waals surface area contributed by atoms with Gasteiger partial charge in [-0.25, -0.2) is 44.9 Å². The summed E-state index contributed by atoms with van der Waals surface area (Å²) in [5, 5.41) is 9.49. The van der Waals surface area contributed by atoms with Crippen LogP contribution < -0.4 is 28.9 Å². The molecule has 12 aromatic carbocycles. The first-order valence-electron chi connectivity index (χ1n) is 42.2. The lowest BCUT2D eigenvalue weighted by Crippen LogP contribution is -2.14. The van der Waals surface area contributed by atoms with E-state index in [0.29, 0.717) is 57.8 Å². The van der Waals surface area contributed by atoms with Crippen LogP contribution in [0.3, 0.4) is 0 Å². The number of methoxy groups -OCH3 is 3. The van der Waals surface area contributed by atoms with Crippen LogP contribution in [0.4, 0.5) is 51.2 Å². The maximum absolute atomic E-state index is 9.49. The molecule has 3 heterocycles. The fraction of sp³-hybridized carbons (Fsp3) is 0.229. The van der Waals surface area contributed by atoms with Gasteiger partial charge in [0.25, 0.3) is 0 Å². The van der Waals surface area contributed by atoms with E-state index in [1.165, 1.54) is 88.2 Å². The third-order valence-electron chi connectivity index (χ3n) is 20.8. The van der Waals surface area contributed by atoms with Crippen LogP contribution in [0.15, 0.2) is 303 Å². The quantitative estimate of drug-likeness (QED) is 0.0384. The second kappa shape index (κ2) is 43.2. The molecule has 0 unspecified atom stereocenters. The van der Waals surface area contributed by atoms with Gasteiger partial charge in [-0.3, -0.25) is 0 Å². The highest BCUT2D eigenvalue weighted by Gasteiger charge is 2.23. The molecule has 3 aromatic heterocycles. The van der Waals surface area contributed by atoms with E-state index in [-0.39, 0.29) is 6.61 Å². The Bertz CT molecular complexity index is 5380. The Morgan fingerprint density at radius 2 is 0.521 bits per heavy atom. The molecule has 0 bridgehead atoms. The van der Waals surface area contributed by atoms with Gasteiger partial charge in [-0.2, -0.15) is 0 Å². The minimum absolute atomic E-state index is 0.103. The number of aliphatic hydroxyl groups is 1. The van der Waals surface area contributed by atoms with Crippen molar-refractivity contribution in [1.82, 2.24) is 44.9 Å². The number of hydrogen-bond acceptors (Lipinski definition) is 16. The highest BCUT2D eigenvalue weighted by atomic mass is 16.5. The molecule has 0 aliphatic heterocycles. The van der Waals surface area contributed by atoms with Crippen molar-refractivity contribution in [3.8, 4) is 85.6 Å². The number of aryl methyl sites for hydroxylation is 6. The highest BCUT2D eigenvalue weighted by Crippen LogP contribution is 2.44. The Hall–Kier alpha value is -13.6. The van der Waals surface area contributed by atoms with Crippen molar-refractivity contribution in [3.63, 3.8) is 0 Å². The zero-order valence-electron chi connectivity index (χ0n) is 71.0. The van der Waals surface area contributed by atoms with Crippen LogP contribution in [0.5, 0.6) is 17.2 Å². The molecular weight excluding hydrogens is 1490 g/mol. The van der Waals surface area contributed by atoms with Crippen molar-refractivity contribution in [1.29, 1.82) is 0 Å². The van der Waals surface area contributed by atoms with Crippen molar-refractivity contribution in [3.05, 3.63) is 343 Å². The second-order valence-corrected chi connectivity index (χ2v) is 30.2. The van der Waals surface area contributed by atoms with Gasteiger partial charge in [0.2, 0.25) is 0 Å².